The van der Waals surface area contributed by atoms with E-state index in [0.29, 0.717) is 10.4 Å². The van der Waals surface area contributed by atoms with Crippen molar-refractivity contribution in [3.05, 3.63) is 28.5 Å². The number of hydrogen-bond donors (Lipinski definition) is 2. The van der Waals surface area contributed by atoms with Crippen LogP contribution in [-0.2, 0) is 0 Å². The van der Waals surface area contributed by atoms with Crippen molar-refractivity contribution >= 4 is 27.6 Å². The van der Waals surface area contributed by atoms with E-state index in [1.54, 1.807) is 13.1 Å². The smallest absolute Gasteiger partial charge is 0.321 e. The Labute approximate surface area is 119 Å². The van der Waals surface area contributed by atoms with Gasteiger partial charge in [-0.2, -0.15) is 0 Å². The number of carbonyl (C=O) groups is 1. The Kier molecular flexibility index (Phi) is 4.42. The van der Waals surface area contributed by atoms with E-state index in [0.717, 1.165) is 12.8 Å². The van der Waals surface area contributed by atoms with E-state index in [2.05, 4.69) is 21.2 Å². The average Bonchev–Trinajstić information content (AvgIpc) is 3.17. The standard InChI is InChI=1S/C13H16BrFN2O2/c1-17(7-12(18)8-2-3-8)13(19)16-11-6-9(14)4-5-10(11)15/h4-6,8,12,18H,2-3,7H2,1H3,(H,16,19). The van der Waals surface area contributed by atoms with Gasteiger partial charge in [0.2, 0.25) is 0 Å². The minimum Gasteiger partial charge on any atom is -0.391 e. The molecular formula is C13H16BrFN2O2. The summed E-state index contributed by atoms with van der Waals surface area (Å²) < 4.78 is 14.2. The fraction of sp³-hybridized carbons (Fsp3) is 0.462. The Morgan fingerprint density at radius 3 is 2.95 bits per heavy atom. The number of nitrogens with zero attached hydrogens (tertiary/aromatic N) is 1. The molecule has 1 aliphatic rings. The van der Waals surface area contributed by atoms with E-state index in [1.165, 1.54) is 17.0 Å². The molecule has 2 amide bonds. The number of urea groups is 1. The Bertz CT molecular complexity index is 480. The summed E-state index contributed by atoms with van der Waals surface area (Å²) >= 11 is 3.22. The third kappa shape index (κ3) is 3.91. The molecule has 2 N–H and O–H groups in total. The number of carbonyl (C=O) groups excluding carboxylic acids is 1. The maximum atomic E-state index is 13.5. The molecule has 2 rings (SSSR count). The Balaban J connectivity index is 1.93. The molecule has 1 unspecified atom stereocenters. The zero-order valence-corrected chi connectivity index (χ0v) is 12.2. The van der Waals surface area contributed by atoms with Crippen LogP contribution in [0.2, 0.25) is 0 Å². The van der Waals surface area contributed by atoms with E-state index in [-0.39, 0.29) is 12.2 Å². The van der Waals surface area contributed by atoms with E-state index in [4.69, 9.17) is 0 Å². The van der Waals surface area contributed by atoms with Crippen LogP contribution in [0, 0.1) is 11.7 Å². The summed E-state index contributed by atoms with van der Waals surface area (Å²) in [6.45, 7) is 0.256. The molecule has 19 heavy (non-hydrogen) atoms. The number of aliphatic hydroxyl groups excluding tert-OH is 1. The van der Waals surface area contributed by atoms with Crippen molar-refractivity contribution in [3.8, 4) is 0 Å². The summed E-state index contributed by atoms with van der Waals surface area (Å²) in [6.07, 6.45) is 1.52. The van der Waals surface area contributed by atoms with Crippen LogP contribution in [0.15, 0.2) is 22.7 Å². The Hall–Kier alpha value is -1.14. The van der Waals surface area contributed by atoms with Crippen LogP contribution in [0.4, 0.5) is 14.9 Å². The number of nitrogens with one attached hydrogen (secondary N) is 1. The van der Waals surface area contributed by atoms with Crippen LogP contribution in [0.1, 0.15) is 12.8 Å². The van der Waals surface area contributed by atoms with E-state index < -0.39 is 18.0 Å². The lowest BCUT2D eigenvalue weighted by molar-refractivity contribution is 0.117. The summed E-state index contributed by atoms with van der Waals surface area (Å²) in [5.74, 6) is -0.189. The second-order valence-electron chi connectivity index (χ2n) is 4.84. The Morgan fingerprint density at radius 2 is 2.32 bits per heavy atom. The number of aliphatic hydroxyl groups is 1. The van der Waals surface area contributed by atoms with Crippen molar-refractivity contribution in [2.45, 2.75) is 18.9 Å². The van der Waals surface area contributed by atoms with Gasteiger partial charge in [-0.25, -0.2) is 9.18 Å². The molecule has 0 aromatic heterocycles. The molecule has 0 saturated heterocycles. The number of likely N-dealkylation sites (N-methyl/N-ethyl adjacent to an activating group) is 1. The summed E-state index contributed by atoms with van der Waals surface area (Å²) in [5, 5.41) is 12.3. The molecule has 1 fully saturated rings. The third-order valence-corrected chi connectivity index (χ3v) is 3.64. The van der Waals surface area contributed by atoms with Gasteiger partial charge in [-0.15, -0.1) is 0 Å². The molecule has 6 heteroatoms. The highest BCUT2D eigenvalue weighted by atomic mass is 79.9. The van der Waals surface area contributed by atoms with Gasteiger partial charge in [0.05, 0.1) is 11.8 Å². The third-order valence-electron chi connectivity index (χ3n) is 3.14. The minimum absolute atomic E-state index is 0.118. The lowest BCUT2D eigenvalue weighted by Gasteiger charge is -2.21. The van der Waals surface area contributed by atoms with Gasteiger partial charge in [0.1, 0.15) is 5.82 Å². The summed E-state index contributed by atoms with van der Waals surface area (Å²) in [6, 6.07) is 3.90. The van der Waals surface area contributed by atoms with Crippen LogP contribution in [0.5, 0.6) is 0 Å². The fourth-order valence-electron chi connectivity index (χ4n) is 1.80. The van der Waals surface area contributed by atoms with Crippen LogP contribution >= 0.6 is 15.9 Å². The van der Waals surface area contributed by atoms with Gasteiger partial charge in [0.15, 0.2) is 0 Å². The van der Waals surface area contributed by atoms with Crippen LogP contribution in [0.25, 0.3) is 0 Å². The average molecular weight is 331 g/mol. The topological polar surface area (TPSA) is 52.6 Å². The van der Waals surface area contributed by atoms with Gasteiger partial charge in [-0.1, -0.05) is 15.9 Å². The molecule has 1 aliphatic carbocycles. The predicted molar refractivity (Wildman–Crippen MR) is 74.5 cm³/mol. The molecule has 104 valence electrons. The predicted octanol–water partition coefficient (Wildman–Crippen LogP) is 2.82. The van der Waals surface area contributed by atoms with Crippen molar-refractivity contribution in [1.82, 2.24) is 4.90 Å². The second kappa shape index (κ2) is 5.88. The van der Waals surface area contributed by atoms with E-state index in [1.807, 2.05) is 0 Å². The zero-order valence-electron chi connectivity index (χ0n) is 10.6. The summed E-state index contributed by atoms with van der Waals surface area (Å²) in [5.41, 5.74) is 0.118. The molecule has 0 radical (unpaired) electrons. The van der Waals surface area contributed by atoms with Crippen LogP contribution < -0.4 is 5.32 Å². The number of benzene rings is 1. The lowest BCUT2D eigenvalue weighted by atomic mass is 10.2. The highest BCUT2D eigenvalue weighted by Crippen LogP contribution is 2.32. The highest BCUT2D eigenvalue weighted by Gasteiger charge is 2.31. The van der Waals surface area contributed by atoms with Gasteiger partial charge >= 0.3 is 6.03 Å². The molecule has 1 aromatic carbocycles. The van der Waals surface area contributed by atoms with Crippen molar-refractivity contribution < 1.29 is 14.3 Å². The number of halogens is 2. The molecule has 1 saturated carbocycles. The minimum atomic E-state index is -0.497. The highest BCUT2D eigenvalue weighted by molar-refractivity contribution is 9.10. The molecule has 1 aromatic rings. The monoisotopic (exact) mass is 330 g/mol. The molecule has 0 spiro atoms. The molecular weight excluding hydrogens is 315 g/mol. The van der Waals surface area contributed by atoms with Crippen LogP contribution in [0.3, 0.4) is 0 Å². The quantitative estimate of drug-likeness (QED) is 0.891. The maximum absolute atomic E-state index is 13.5. The number of rotatable bonds is 4. The van der Waals surface area contributed by atoms with Gasteiger partial charge in [-0.05, 0) is 37.0 Å². The van der Waals surface area contributed by atoms with Crippen molar-refractivity contribution in [2.75, 3.05) is 18.9 Å². The first-order valence-corrected chi connectivity index (χ1v) is 6.92. The number of amides is 2. The van der Waals surface area contributed by atoms with E-state index in [9.17, 15) is 14.3 Å². The first-order chi connectivity index (χ1) is 8.97. The summed E-state index contributed by atoms with van der Waals surface area (Å²) in [7, 11) is 1.58. The van der Waals surface area contributed by atoms with Gasteiger partial charge in [0, 0.05) is 18.1 Å². The number of hydrogen-bond acceptors (Lipinski definition) is 2. The van der Waals surface area contributed by atoms with Gasteiger partial charge < -0.3 is 15.3 Å². The van der Waals surface area contributed by atoms with Gasteiger partial charge in [-0.3, -0.25) is 0 Å². The first kappa shape index (κ1) is 14.3. The normalized spacial score (nSPS) is 16.0. The Morgan fingerprint density at radius 1 is 1.63 bits per heavy atom. The zero-order chi connectivity index (χ0) is 14.0. The van der Waals surface area contributed by atoms with Gasteiger partial charge in [0.25, 0.3) is 0 Å². The van der Waals surface area contributed by atoms with Crippen molar-refractivity contribution in [3.63, 3.8) is 0 Å². The van der Waals surface area contributed by atoms with Crippen LogP contribution in [-0.4, -0.2) is 35.7 Å². The maximum Gasteiger partial charge on any atom is 0.321 e. The molecule has 0 heterocycles. The first-order valence-electron chi connectivity index (χ1n) is 6.12. The van der Waals surface area contributed by atoms with Crippen molar-refractivity contribution in [2.24, 2.45) is 5.92 Å². The van der Waals surface area contributed by atoms with Crippen molar-refractivity contribution in [1.29, 1.82) is 0 Å². The number of anilines is 1. The largest absolute Gasteiger partial charge is 0.391 e. The summed E-state index contributed by atoms with van der Waals surface area (Å²) in [4.78, 5) is 13.2. The van der Waals surface area contributed by atoms with E-state index >= 15 is 0 Å². The molecule has 0 bridgehead atoms. The molecule has 0 aliphatic heterocycles. The second-order valence-corrected chi connectivity index (χ2v) is 5.76. The lowest BCUT2D eigenvalue weighted by Crippen LogP contribution is -2.38. The molecule has 1 atom stereocenters. The SMILES string of the molecule is CN(CC(O)C1CC1)C(=O)Nc1cc(Br)ccc1F. The molecule has 4 nitrogen and oxygen atoms in total. The fourth-order valence-corrected chi connectivity index (χ4v) is 2.16.